The van der Waals surface area contributed by atoms with Gasteiger partial charge in [-0.05, 0) is 48.0 Å². The van der Waals surface area contributed by atoms with Gasteiger partial charge in [0.25, 0.3) is 0 Å². The van der Waals surface area contributed by atoms with Gasteiger partial charge in [-0.1, -0.05) is 34.1 Å². The van der Waals surface area contributed by atoms with Crippen molar-refractivity contribution in [1.29, 1.82) is 0 Å². The fourth-order valence-electron chi connectivity index (χ4n) is 1.81. The summed E-state index contributed by atoms with van der Waals surface area (Å²) in [5.41, 5.74) is 3.13. The highest BCUT2D eigenvalue weighted by atomic mass is 79.9. The maximum atomic E-state index is 13.2. The first-order valence-electron chi connectivity index (χ1n) is 5.39. The lowest BCUT2D eigenvalue weighted by Gasteiger charge is -2.09. The maximum absolute atomic E-state index is 13.2. The topological polar surface area (TPSA) is 12.0 Å². The molecule has 2 aromatic carbocycles. The van der Waals surface area contributed by atoms with Gasteiger partial charge in [-0.3, -0.25) is 0 Å². The molecule has 0 amide bonds. The highest BCUT2D eigenvalue weighted by Crippen LogP contribution is 2.26. The zero-order chi connectivity index (χ0) is 12.3. The molecule has 0 bridgehead atoms. The molecule has 0 saturated carbocycles. The van der Waals surface area contributed by atoms with E-state index in [9.17, 15) is 4.39 Å². The summed E-state index contributed by atoms with van der Waals surface area (Å²) in [6.07, 6.45) is 0. The van der Waals surface area contributed by atoms with Crippen LogP contribution in [0.25, 0.3) is 11.1 Å². The number of hydrogen-bond acceptors (Lipinski definition) is 1. The Hall–Kier alpha value is -1.19. The first-order chi connectivity index (χ1) is 8.20. The number of nitrogens with one attached hydrogen (secondary N) is 1. The van der Waals surface area contributed by atoms with Gasteiger partial charge in [0.15, 0.2) is 0 Å². The van der Waals surface area contributed by atoms with Gasteiger partial charge in [-0.2, -0.15) is 0 Å². The zero-order valence-electron chi connectivity index (χ0n) is 9.50. The lowest BCUT2D eigenvalue weighted by atomic mass is 9.99. The van der Waals surface area contributed by atoms with Crippen molar-refractivity contribution in [2.75, 3.05) is 7.05 Å². The number of benzene rings is 2. The standard InChI is InChI=1S/C14H13BrFN/c1-17-9-11-8-13(16)6-7-14(11)10-2-4-12(15)5-3-10/h2-8,17H,9H2,1H3. The Kier molecular flexibility index (Phi) is 3.92. The molecular weight excluding hydrogens is 281 g/mol. The summed E-state index contributed by atoms with van der Waals surface area (Å²) in [4.78, 5) is 0. The molecule has 0 heterocycles. The minimum atomic E-state index is -0.198. The molecule has 88 valence electrons. The molecule has 3 heteroatoms. The van der Waals surface area contributed by atoms with Crippen LogP contribution in [0.5, 0.6) is 0 Å². The van der Waals surface area contributed by atoms with Crippen LogP contribution in [0.2, 0.25) is 0 Å². The van der Waals surface area contributed by atoms with Crippen molar-refractivity contribution in [2.45, 2.75) is 6.54 Å². The molecule has 1 N–H and O–H groups in total. The number of hydrogen-bond donors (Lipinski definition) is 1. The number of halogens is 2. The molecule has 0 atom stereocenters. The highest BCUT2D eigenvalue weighted by Gasteiger charge is 2.05. The van der Waals surface area contributed by atoms with Crippen LogP contribution in [-0.4, -0.2) is 7.05 Å². The largest absolute Gasteiger partial charge is 0.316 e. The SMILES string of the molecule is CNCc1cc(F)ccc1-c1ccc(Br)cc1. The Morgan fingerprint density at radius 1 is 1.12 bits per heavy atom. The molecule has 0 aliphatic carbocycles. The molecule has 1 nitrogen and oxygen atoms in total. The molecule has 2 aromatic rings. The third kappa shape index (κ3) is 2.93. The summed E-state index contributed by atoms with van der Waals surface area (Å²) in [6.45, 7) is 0.656. The Labute approximate surface area is 109 Å². The molecular formula is C14H13BrFN. The van der Waals surface area contributed by atoms with Crippen molar-refractivity contribution >= 4 is 15.9 Å². The van der Waals surface area contributed by atoms with Crippen LogP contribution >= 0.6 is 15.9 Å². The monoisotopic (exact) mass is 293 g/mol. The smallest absolute Gasteiger partial charge is 0.123 e. The van der Waals surface area contributed by atoms with Crippen LogP contribution in [-0.2, 0) is 6.54 Å². The van der Waals surface area contributed by atoms with E-state index in [1.165, 1.54) is 6.07 Å². The second-order valence-corrected chi connectivity index (χ2v) is 4.75. The average molecular weight is 294 g/mol. The van der Waals surface area contributed by atoms with E-state index in [-0.39, 0.29) is 5.82 Å². The van der Waals surface area contributed by atoms with Gasteiger partial charge in [0.1, 0.15) is 5.82 Å². The van der Waals surface area contributed by atoms with Gasteiger partial charge in [-0.15, -0.1) is 0 Å². The summed E-state index contributed by atoms with van der Waals surface area (Å²) in [5.74, 6) is -0.198. The van der Waals surface area contributed by atoms with Gasteiger partial charge >= 0.3 is 0 Å². The van der Waals surface area contributed by atoms with Crippen molar-refractivity contribution in [3.63, 3.8) is 0 Å². The van der Waals surface area contributed by atoms with Crippen LogP contribution in [0.15, 0.2) is 46.9 Å². The summed E-state index contributed by atoms with van der Waals surface area (Å²) in [6, 6.07) is 12.9. The van der Waals surface area contributed by atoms with E-state index in [0.717, 1.165) is 21.2 Å². The van der Waals surface area contributed by atoms with E-state index in [1.54, 1.807) is 6.07 Å². The Morgan fingerprint density at radius 2 is 1.82 bits per heavy atom. The normalized spacial score (nSPS) is 10.5. The summed E-state index contributed by atoms with van der Waals surface area (Å²) in [5, 5.41) is 3.06. The van der Waals surface area contributed by atoms with E-state index in [0.29, 0.717) is 6.54 Å². The van der Waals surface area contributed by atoms with E-state index < -0.39 is 0 Å². The molecule has 0 aromatic heterocycles. The molecule has 2 rings (SSSR count). The average Bonchev–Trinajstić information content (AvgIpc) is 2.31. The molecule has 0 radical (unpaired) electrons. The third-order valence-electron chi connectivity index (χ3n) is 2.59. The molecule has 0 spiro atoms. The minimum absolute atomic E-state index is 0.198. The second-order valence-electron chi connectivity index (χ2n) is 3.84. The number of rotatable bonds is 3. The van der Waals surface area contributed by atoms with Crippen molar-refractivity contribution in [3.8, 4) is 11.1 Å². The zero-order valence-corrected chi connectivity index (χ0v) is 11.1. The maximum Gasteiger partial charge on any atom is 0.123 e. The van der Waals surface area contributed by atoms with Gasteiger partial charge < -0.3 is 5.32 Å². The molecule has 0 unspecified atom stereocenters. The van der Waals surface area contributed by atoms with E-state index in [1.807, 2.05) is 37.4 Å². The summed E-state index contributed by atoms with van der Waals surface area (Å²) < 4.78 is 14.3. The van der Waals surface area contributed by atoms with E-state index in [2.05, 4.69) is 21.2 Å². The van der Waals surface area contributed by atoms with Crippen LogP contribution in [0.1, 0.15) is 5.56 Å². The lowest BCUT2D eigenvalue weighted by molar-refractivity contribution is 0.624. The predicted molar refractivity (Wildman–Crippen MR) is 72.3 cm³/mol. The van der Waals surface area contributed by atoms with Crippen molar-refractivity contribution in [3.05, 3.63) is 58.3 Å². The van der Waals surface area contributed by atoms with E-state index in [4.69, 9.17) is 0 Å². The lowest BCUT2D eigenvalue weighted by Crippen LogP contribution is -2.06. The molecule has 0 fully saturated rings. The first kappa shape index (κ1) is 12.3. The van der Waals surface area contributed by atoms with Gasteiger partial charge in [0.2, 0.25) is 0 Å². The van der Waals surface area contributed by atoms with Crippen molar-refractivity contribution in [1.82, 2.24) is 5.32 Å². The summed E-state index contributed by atoms with van der Waals surface area (Å²) >= 11 is 3.41. The fourth-order valence-corrected chi connectivity index (χ4v) is 2.07. The second kappa shape index (κ2) is 5.43. The minimum Gasteiger partial charge on any atom is -0.316 e. The Bertz CT molecular complexity index is 508. The van der Waals surface area contributed by atoms with Crippen LogP contribution in [0.3, 0.4) is 0 Å². The highest BCUT2D eigenvalue weighted by molar-refractivity contribution is 9.10. The van der Waals surface area contributed by atoms with E-state index >= 15 is 0 Å². The van der Waals surface area contributed by atoms with Crippen molar-refractivity contribution in [2.24, 2.45) is 0 Å². The van der Waals surface area contributed by atoms with Crippen molar-refractivity contribution < 1.29 is 4.39 Å². The molecule has 0 aliphatic rings. The molecule has 17 heavy (non-hydrogen) atoms. The quantitative estimate of drug-likeness (QED) is 0.903. The van der Waals surface area contributed by atoms with Crippen LogP contribution in [0, 0.1) is 5.82 Å². The Morgan fingerprint density at radius 3 is 2.47 bits per heavy atom. The fraction of sp³-hybridized carbons (Fsp3) is 0.143. The predicted octanol–water partition coefficient (Wildman–Crippen LogP) is 3.97. The van der Waals surface area contributed by atoms with Crippen LogP contribution in [0.4, 0.5) is 4.39 Å². The Balaban J connectivity index is 2.46. The van der Waals surface area contributed by atoms with Crippen LogP contribution < -0.4 is 5.32 Å². The van der Waals surface area contributed by atoms with Gasteiger partial charge in [0, 0.05) is 11.0 Å². The molecule has 0 saturated heterocycles. The summed E-state index contributed by atoms with van der Waals surface area (Å²) in [7, 11) is 1.86. The third-order valence-corrected chi connectivity index (χ3v) is 3.12. The first-order valence-corrected chi connectivity index (χ1v) is 6.19. The van der Waals surface area contributed by atoms with Gasteiger partial charge in [0.05, 0.1) is 0 Å². The van der Waals surface area contributed by atoms with Gasteiger partial charge in [-0.25, -0.2) is 4.39 Å². The molecule has 0 aliphatic heterocycles.